The molecule has 0 aliphatic heterocycles. The quantitative estimate of drug-likeness (QED) is 0.718. The molecule has 1 heterocycles. The molecule has 0 unspecified atom stereocenters. The lowest BCUT2D eigenvalue weighted by atomic mass is 10.2. The number of pyridine rings is 1. The van der Waals surface area contributed by atoms with Crippen LogP contribution in [0, 0.1) is 0 Å². The number of ether oxygens (including phenoxy) is 1. The molecule has 0 saturated heterocycles. The summed E-state index contributed by atoms with van der Waals surface area (Å²) in [7, 11) is 1.56. The molecule has 7 heteroatoms. The molecule has 0 aliphatic carbocycles. The molecule has 0 aromatic carbocycles. The number of aliphatic hydroxyl groups excluding tert-OH is 1. The number of anilines is 1. The monoisotopic (exact) mass is 274 g/mol. The first-order chi connectivity index (χ1) is 8.58. The number of carboxylic acid groups (broad SMARTS) is 1. The van der Waals surface area contributed by atoms with Gasteiger partial charge in [-0.05, 0) is 12.1 Å². The van der Waals surface area contributed by atoms with Crippen LogP contribution in [0.25, 0.3) is 0 Å². The maximum atomic E-state index is 10.9. The molecule has 1 aromatic rings. The fraction of sp³-hybridized carbons (Fsp3) is 0.455. The number of aliphatic hydroxyl groups is 1. The number of methoxy groups -OCH3 is 1. The second-order valence-corrected chi connectivity index (χ2v) is 3.93. The zero-order valence-electron chi connectivity index (χ0n) is 9.97. The molecule has 100 valence electrons. The molecule has 0 spiro atoms. The van der Waals surface area contributed by atoms with E-state index in [1.807, 2.05) is 0 Å². The van der Waals surface area contributed by atoms with Crippen molar-refractivity contribution >= 4 is 23.4 Å². The van der Waals surface area contributed by atoms with Gasteiger partial charge in [0.2, 0.25) is 0 Å². The first-order valence-corrected chi connectivity index (χ1v) is 5.72. The van der Waals surface area contributed by atoms with Gasteiger partial charge in [-0.1, -0.05) is 11.6 Å². The van der Waals surface area contributed by atoms with Gasteiger partial charge in [0, 0.05) is 20.2 Å². The second-order valence-electron chi connectivity index (χ2n) is 3.55. The first kappa shape index (κ1) is 14.7. The van der Waals surface area contributed by atoms with Crippen molar-refractivity contribution in [2.75, 3.05) is 38.3 Å². The highest BCUT2D eigenvalue weighted by Gasteiger charge is 2.12. The molecule has 6 nitrogen and oxygen atoms in total. The van der Waals surface area contributed by atoms with Crippen LogP contribution in [0.5, 0.6) is 0 Å². The predicted molar refractivity (Wildman–Crippen MR) is 67.4 cm³/mol. The van der Waals surface area contributed by atoms with Crippen molar-refractivity contribution in [1.82, 2.24) is 4.98 Å². The van der Waals surface area contributed by atoms with Crippen LogP contribution in [0.2, 0.25) is 5.15 Å². The Morgan fingerprint density at radius 1 is 1.50 bits per heavy atom. The van der Waals surface area contributed by atoms with Gasteiger partial charge in [-0.15, -0.1) is 0 Å². The van der Waals surface area contributed by atoms with Crippen LogP contribution in [0.15, 0.2) is 12.1 Å². The van der Waals surface area contributed by atoms with Crippen molar-refractivity contribution in [3.63, 3.8) is 0 Å². The van der Waals surface area contributed by atoms with Crippen LogP contribution in [-0.4, -0.2) is 54.6 Å². The largest absolute Gasteiger partial charge is 0.478 e. The molecule has 0 amide bonds. The number of aromatic carboxylic acids is 1. The highest BCUT2D eigenvalue weighted by molar-refractivity contribution is 6.29. The van der Waals surface area contributed by atoms with Gasteiger partial charge in [-0.3, -0.25) is 0 Å². The molecular formula is C11H15ClN2O4. The summed E-state index contributed by atoms with van der Waals surface area (Å²) in [6.45, 7) is 1.19. The normalized spacial score (nSPS) is 10.4. The van der Waals surface area contributed by atoms with Crippen LogP contribution in [0.3, 0.4) is 0 Å². The molecule has 1 aromatic heterocycles. The summed E-state index contributed by atoms with van der Waals surface area (Å²) in [5.74, 6) is -0.665. The maximum absolute atomic E-state index is 10.9. The molecule has 0 saturated carbocycles. The predicted octanol–water partition coefficient (Wildman–Crippen LogP) is 0.878. The first-order valence-electron chi connectivity index (χ1n) is 5.34. The molecule has 0 radical (unpaired) electrons. The Morgan fingerprint density at radius 2 is 2.22 bits per heavy atom. The minimum absolute atomic E-state index is 0.0605. The zero-order chi connectivity index (χ0) is 13.5. The zero-order valence-corrected chi connectivity index (χ0v) is 10.7. The lowest BCUT2D eigenvalue weighted by molar-refractivity contribution is 0.0697. The summed E-state index contributed by atoms with van der Waals surface area (Å²) >= 11 is 5.78. The third-order valence-corrected chi connectivity index (χ3v) is 2.48. The Kier molecular flexibility index (Phi) is 5.84. The number of hydrogen-bond donors (Lipinski definition) is 2. The average Bonchev–Trinajstić information content (AvgIpc) is 2.33. The van der Waals surface area contributed by atoms with Gasteiger partial charge < -0.3 is 19.8 Å². The fourth-order valence-corrected chi connectivity index (χ4v) is 1.64. The molecule has 0 fully saturated rings. The van der Waals surface area contributed by atoms with Gasteiger partial charge in [0.05, 0.1) is 18.8 Å². The molecule has 0 aliphatic rings. The smallest absolute Gasteiger partial charge is 0.335 e. The number of carboxylic acids is 1. The molecule has 18 heavy (non-hydrogen) atoms. The Morgan fingerprint density at radius 3 is 2.78 bits per heavy atom. The molecular weight excluding hydrogens is 260 g/mol. The molecule has 1 rings (SSSR count). The lowest BCUT2D eigenvalue weighted by Crippen LogP contribution is -2.31. The van der Waals surface area contributed by atoms with Crippen molar-refractivity contribution in [1.29, 1.82) is 0 Å². The number of nitrogens with zero attached hydrogens (tertiary/aromatic N) is 2. The third kappa shape index (κ3) is 4.14. The number of hydrogen-bond acceptors (Lipinski definition) is 5. The second kappa shape index (κ2) is 7.15. The molecule has 0 atom stereocenters. The van der Waals surface area contributed by atoms with Crippen molar-refractivity contribution in [2.24, 2.45) is 0 Å². The summed E-state index contributed by atoms with van der Waals surface area (Å²) in [4.78, 5) is 16.7. The van der Waals surface area contributed by atoms with E-state index < -0.39 is 5.97 Å². The van der Waals surface area contributed by atoms with Crippen LogP contribution in [0.1, 0.15) is 10.4 Å². The van der Waals surface area contributed by atoms with Crippen molar-refractivity contribution in [3.05, 3.63) is 22.8 Å². The van der Waals surface area contributed by atoms with Crippen molar-refractivity contribution in [2.45, 2.75) is 0 Å². The van der Waals surface area contributed by atoms with Gasteiger partial charge in [0.25, 0.3) is 0 Å². The van der Waals surface area contributed by atoms with Crippen LogP contribution < -0.4 is 4.90 Å². The number of aromatic nitrogens is 1. The van der Waals surface area contributed by atoms with Crippen molar-refractivity contribution in [3.8, 4) is 0 Å². The highest BCUT2D eigenvalue weighted by Crippen LogP contribution is 2.18. The van der Waals surface area contributed by atoms with Crippen LogP contribution in [0.4, 0.5) is 5.82 Å². The van der Waals surface area contributed by atoms with E-state index >= 15 is 0 Å². The third-order valence-electron chi connectivity index (χ3n) is 2.29. The van der Waals surface area contributed by atoms with E-state index in [1.54, 1.807) is 12.0 Å². The standard InChI is InChI=1S/C11H15ClN2O4/c1-18-5-3-14(2-4-15)10-7-8(11(16)17)6-9(12)13-10/h6-7,15H,2-5H2,1H3,(H,16,17). The molecule has 2 N–H and O–H groups in total. The summed E-state index contributed by atoms with van der Waals surface area (Å²) < 4.78 is 4.95. The topological polar surface area (TPSA) is 82.9 Å². The van der Waals surface area contributed by atoms with Gasteiger partial charge >= 0.3 is 5.97 Å². The Bertz CT molecular complexity index is 414. The Hall–Kier alpha value is -1.37. The van der Waals surface area contributed by atoms with Crippen molar-refractivity contribution < 1.29 is 19.7 Å². The minimum Gasteiger partial charge on any atom is -0.478 e. The maximum Gasteiger partial charge on any atom is 0.335 e. The van der Waals surface area contributed by atoms with Crippen LogP contribution >= 0.6 is 11.6 Å². The summed E-state index contributed by atoms with van der Waals surface area (Å²) in [5.41, 5.74) is 0.0605. The van der Waals surface area contributed by atoms with E-state index in [1.165, 1.54) is 12.1 Å². The average molecular weight is 275 g/mol. The van der Waals surface area contributed by atoms with Gasteiger partial charge in [-0.25, -0.2) is 9.78 Å². The van der Waals surface area contributed by atoms with Crippen LogP contribution in [-0.2, 0) is 4.74 Å². The van der Waals surface area contributed by atoms with E-state index in [2.05, 4.69) is 4.98 Å². The highest BCUT2D eigenvalue weighted by atomic mass is 35.5. The fourth-order valence-electron chi connectivity index (χ4n) is 1.43. The van der Waals surface area contributed by atoms with Gasteiger partial charge in [0.15, 0.2) is 0 Å². The Labute approximate surface area is 110 Å². The van der Waals surface area contributed by atoms with E-state index in [-0.39, 0.29) is 17.3 Å². The minimum atomic E-state index is -1.07. The number of halogens is 1. The SMILES string of the molecule is COCCN(CCO)c1cc(C(=O)O)cc(Cl)n1. The van der Waals surface area contributed by atoms with Gasteiger partial charge in [-0.2, -0.15) is 0 Å². The number of rotatable bonds is 7. The van der Waals surface area contributed by atoms with E-state index in [9.17, 15) is 4.79 Å². The summed E-state index contributed by atoms with van der Waals surface area (Å²) in [5, 5.41) is 18.0. The van der Waals surface area contributed by atoms with E-state index in [4.69, 9.17) is 26.6 Å². The van der Waals surface area contributed by atoms with E-state index in [0.717, 1.165) is 0 Å². The number of carbonyl (C=O) groups is 1. The summed E-state index contributed by atoms with van der Waals surface area (Å²) in [6, 6.07) is 2.69. The summed E-state index contributed by atoms with van der Waals surface area (Å²) in [6.07, 6.45) is 0. The van der Waals surface area contributed by atoms with Gasteiger partial charge in [0.1, 0.15) is 11.0 Å². The Balaban J connectivity index is 2.98. The van der Waals surface area contributed by atoms with E-state index in [0.29, 0.717) is 25.5 Å². The molecule has 0 bridgehead atoms. The lowest BCUT2D eigenvalue weighted by Gasteiger charge is -2.22.